The highest BCUT2D eigenvalue weighted by molar-refractivity contribution is 5.79. The summed E-state index contributed by atoms with van der Waals surface area (Å²) in [7, 11) is 0. The summed E-state index contributed by atoms with van der Waals surface area (Å²) in [6.45, 7) is 11.5. The highest BCUT2D eigenvalue weighted by atomic mass is 16.1. The molecule has 18 heavy (non-hydrogen) atoms. The molecule has 1 amide bonds. The van der Waals surface area contributed by atoms with Crippen molar-refractivity contribution in [2.45, 2.75) is 53.4 Å². The molecule has 1 aliphatic rings. The molecule has 0 saturated carbocycles. The predicted molar refractivity (Wildman–Crippen MR) is 76.5 cm³/mol. The molecule has 1 fully saturated rings. The molecule has 2 N–H and O–H groups in total. The maximum absolute atomic E-state index is 12.1. The van der Waals surface area contributed by atoms with Crippen molar-refractivity contribution >= 4 is 5.91 Å². The van der Waals surface area contributed by atoms with Crippen molar-refractivity contribution in [3.8, 4) is 0 Å². The SMILES string of the molecule is CCCCCC(C)(C)CNC(=O)[C@@H]1CNC[C@H]1C. The molecule has 0 aromatic rings. The van der Waals surface area contributed by atoms with Crippen LogP contribution in [-0.4, -0.2) is 25.5 Å². The number of hydrogen-bond acceptors (Lipinski definition) is 2. The van der Waals surface area contributed by atoms with E-state index < -0.39 is 0 Å². The van der Waals surface area contributed by atoms with Crippen LogP contribution in [0.25, 0.3) is 0 Å². The van der Waals surface area contributed by atoms with E-state index in [1.807, 2.05) is 0 Å². The second kappa shape index (κ2) is 7.13. The number of carbonyl (C=O) groups excluding carboxylic acids is 1. The first-order valence-electron chi connectivity index (χ1n) is 7.44. The van der Waals surface area contributed by atoms with Crippen molar-refractivity contribution in [3.63, 3.8) is 0 Å². The van der Waals surface area contributed by atoms with Gasteiger partial charge in [0, 0.05) is 13.1 Å². The van der Waals surface area contributed by atoms with Gasteiger partial charge in [0.2, 0.25) is 5.91 Å². The van der Waals surface area contributed by atoms with E-state index in [4.69, 9.17) is 0 Å². The fourth-order valence-corrected chi connectivity index (χ4v) is 2.56. The molecule has 0 aliphatic carbocycles. The molecule has 0 spiro atoms. The van der Waals surface area contributed by atoms with Crippen molar-refractivity contribution in [1.82, 2.24) is 10.6 Å². The van der Waals surface area contributed by atoms with Crippen molar-refractivity contribution in [2.24, 2.45) is 17.3 Å². The zero-order valence-electron chi connectivity index (χ0n) is 12.5. The first-order chi connectivity index (χ1) is 8.46. The molecule has 3 heteroatoms. The van der Waals surface area contributed by atoms with Gasteiger partial charge < -0.3 is 10.6 Å². The standard InChI is InChI=1S/C15H30N2O/c1-5-6-7-8-15(3,4)11-17-14(18)13-10-16-9-12(13)2/h12-13,16H,5-11H2,1-4H3,(H,17,18)/t12-,13-/m1/s1. The molecule has 106 valence electrons. The molecule has 1 aliphatic heterocycles. The maximum Gasteiger partial charge on any atom is 0.224 e. The molecular formula is C15H30N2O. The van der Waals surface area contributed by atoms with Crippen molar-refractivity contribution in [1.29, 1.82) is 0 Å². The normalized spacial score (nSPS) is 24.2. The lowest BCUT2D eigenvalue weighted by atomic mass is 9.86. The molecule has 0 bridgehead atoms. The van der Waals surface area contributed by atoms with Crippen LogP contribution in [0.1, 0.15) is 53.4 Å². The fourth-order valence-electron chi connectivity index (χ4n) is 2.56. The Bertz CT molecular complexity index is 263. The summed E-state index contributed by atoms with van der Waals surface area (Å²) in [4.78, 5) is 12.1. The quantitative estimate of drug-likeness (QED) is 0.686. The fraction of sp³-hybridized carbons (Fsp3) is 0.933. The molecule has 0 aromatic heterocycles. The average Bonchev–Trinajstić information content (AvgIpc) is 2.73. The third-order valence-corrected chi connectivity index (χ3v) is 4.05. The minimum atomic E-state index is 0.163. The third-order valence-electron chi connectivity index (χ3n) is 4.05. The first-order valence-corrected chi connectivity index (χ1v) is 7.44. The number of carbonyl (C=O) groups is 1. The van der Waals surface area contributed by atoms with Gasteiger partial charge in [-0.05, 0) is 24.3 Å². The third kappa shape index (κ3) is 4.97. The molecule has 1 rings (SSSR count). The van der Waals surface area contributed by atoms with Crippen LogP contribution in [0.3, 0.4) is 0 Å². The van der Waals surface area contributed by atoms with Crippen LogP contribution in [0, 0.1) is 17.3 Å². The van der Waals surface area contributed by atoms with Gasteiger partial charge in [0.15, 0.2) is 0 Å². The van der Waals surface area contributed by atoms with E-state index in [1.54, 1.807) is 0 Å². The van der Waals surface area contributed by atoms with Crippen molar-refractivity contribution in [2.75, 3.05) is 19.6 Å². The highest BCUT2D eigenvalue weighted by Gasteiger charge is 2.30. The van der Waals surface area contributed by atoms with E-state index in [1.165, 1.54) is 25.7 Å². The summed E-state index contributed by atoms with van der Waals surface area (Å²) >= 11 is 0. The zero-order chi connectivity index (χ0) is 13.6. The van der Waals surface area contributed by atoms with E-state index in [0.717, 1.165) is 19.6 Å². The van der Waals surface area contributed by atoms with E-state index >= 15 is 0 Å². The Labute approximate surface area is 112 Å². The van der Waals surface area contributed by atoms with Gasteiger partial charge in [-0.2, -0.15) is 0 Å². The van der Waals surface area contributed by atoms with E-state index in [-0.39, 0.29) is 17.2 Å². The Morgan fingerprint density at radius 2 is 2.06 bits per heavy atom. The van der Waals surface area contributed by atoms with Gasteiger partial charge in [0.05, 0.1) is 5.92 Å². The summed E-state index contributed by atoms with van der Waals surface area (Å²) in [5.41, 5.74) is 0.222. The Morgan fingerprint density at radius 1 is 1.33 bits per heavy atom. The van der Waals surface area contributed by atoms with E-state index in [9.17, 15) is 4.79 Å². The van der Waals surface area contributed by atoms with Crippen LogP contribution in [0.5, 0.6) is 0 Å². The van der Waals surface area contributed by atoms with E-state index in [0.29, 0.717) is 5.92 Å². The summed E-state index contributed by atoms with van der Waals surface area (Å²) in [6.07, 6.45) is 5.01. The average molecular weight is 254 g/mol. The van der Waals surface area contributed by atoms with Crippen LogP contribution in [0.4, 0.5) is 0 Å². The zero-order valence-corrected chi connectivity index (χ0v) is 12.5. The Kier molecular flexibility index (Phi) is 6.13. The molecule has 0 aromatic carbocycles. The van der Waals surface area contributed by atoms with Crippen molar-refractivity contribution < 1.29 is 4.79 Å². The Morgan fingerprint density at radius 3 is 2.61 bits per heavy atom. The molecular weight excluding hydrogens is 224 g/mol. The Balaban J connectivity index is 2.28. The molecule has 1 heterocycles. The lowest BCUT2D eigenvalue weighted by Gasteiger charge is -2.26. The van der Waals surface area contributed by atoms with Crippen LogP contribution in [0.2, 0.25) is 0 Å². The second-order valence-corrected chi connectivity index (χ2v) is 6.58. The minimum Gasteiger partial charge on any atom is -0.355 e. The first kappa shape index (κ1) is 15.5. The van der Waals surface area contributed by atoms with E-state index in [2.05, 4.69) is 38.3 Å². The number of amides is 1. The second-order valence-electron chi connectivity index (χ2n) is 6.58. The van der Waals surface area contributed by atoms with Gasteiger partial charge in [-0.15, -0.1) is 0 Å². The number of unbranched alkanes of at least 4 members (excludes halogenated alkanes) is 2. The maximum atomic E-state index is 12.1. The summed E-state index contributed by atoms with van der Waals surface area (Å²) in [5.74, 6) is 0.862. The largest absolute Gasteiger partial charge is 0.355 e. The molecule has 1 saturated heterocycles. The van der Waals surface area contributed by atoms with Gasteiger partial charge in [-0.1, -0.05) is 47.0 Å². The van der Waals surface area contributed by atoms with Crippen LogP contribution < -0.4 is 10.6 Å². The number of rotatable bonds is 7. The summed E-state index contributed by atoms with van der Waals surface area (Å²) < 4.78 is 0. The van der Waals surface area contributed by atoms with Crippen LogP contribution in [0.15, 0.2) is 0 Å². The molecule has 3 nitrogen and oxygen atoms in total. The molecule has 0 radical (unpaired) electrons. The smallest absolute Gasteiger partial charge is 0.224 e. The molecule has 2 atom stereocenters. The number of nitrogens with one attached hydrogen (secondary N) is 2. The lowest BCUT2D eigenvalue weighted by molar-refractivity contribution is -0.125. The van der Waals surface area contributed by atoms with Crippen LogP contribution in [-0.2, 0) is 4.79 Å². The summed E-state index contributed by atoms with van der Waals surface area (Å²) in [6, 6.07) is 0. The predicted octanol–water partition coefficient (Wildman–Crippen LogP) is 2.56. The van der Waals surface area contributed by atoms with Gasteiger partial charge >= 0.3 is 0 Å². The van der Waals surface area contributed by atoms with Gasteiger partial charge in [-0.3, -0.25) is 4.79 Å². The Hall–Kier alpha value is -0.570. The van der Waals surface area contributed by atoms with Crippen molar-refractivity contribution in [3.05, 3.63) is 0 Å². The topological polar surface area (TPSA) is 41.1 Å². The monoisotopic (exact) mass is 254 g/mol. The van der Waals surface area contributed by atoms with Gasteiger partial charge in [0.1, 0.15) is 0 Å². The summed E-state index contributed by atoms with van der Waals surface area (Å²) in [5, 5.41) is 6.42. The molecule has 0 unspecified atom stereocenters. The van der Waals surface area contributed by atoms with Gasteiger partial charge in [-0.25, -0.2) is 0 Å². The lowest BCUT2D eigenvalue weighted by Crippen LogP contribution is -2.39. The minimum absolute atomic E-state index is 0.163. The van der Waals surface area contributed by atoms with Gasteiger partial charge in [0.25, 0.3) is 0 Å². The number of hydrogen-bond donors (Lipinski definition) is 2. The van der Waals surface area contributed by atoms with Crippen LogP contribution >= 0.6 is 0 Å². The highest BCUT2D eigenvalue weighted by Crippen LogP contribution is 2.23.